The SMILES string of the molecule is CCO[C@H](C(=O)N1CCC[C@H](N2CCNC2=O)C1)c1ccccc1. The van der Waals surface area contributed by atoms with Crippen LogP contribution in [-0.2, 0) is 9.53 Å². The highest BCUT2D eigenvalue weighted by Gasteiger charge is 2.35. The lowest BCUT2D eigenvalue weighted by Gasteiger charge is -2.38. The van der Waals surface area contributed by atoms with Gasteiger partial charge in [-0.1, -0.05) is 30.3 Å². The van der Waals surface area contributed by atoms with Gasteiger partial charge in [0.2, 0.25) is 0 Å². The summed E-state index contributed by atoms with van der Waals surface area (Å²) in [6.45, 7) is 5.10. The van der Waals surface area contributed by atoms with Crippen LogP contribution in [0, 0.1) is 0 Å². The summed E-state index contributed by atoms with van der Waals surface area (Å²) in [7, 11) is 0. The van der Waals surface area contributed by atoms with Gasteiger partial charge in [0.15, 0.2) is 6.10 Å². The van der Waals surface area contributed by atoms with E-state index in [4.69, 9.17) is 4.74 Å². The third-order valence-corrected chi connectivity index (χ3v) is 4.70. The highest BCUT2D eigenvalue weighted by atomic mass is 16.5. The molecule has 6 heteroatoms. The first kappa shape index (κ1) is 16.8. The number of ether oxygens (including phenoxy) is 1. The van der Waals surface area contributed by atoms with Crippen LogP contribution in [0.4, 0.5) is 4.79 Å². The van der Waals surface area contributed by atoms with Gasteiger partial charge in [-0.3, -0.25) is 4.79 Å². The minimum absolute atomic E-state index is 0.00708. The van der Waals surface area contributed by atoms with Crippen LogP contribution in [0.5, 0.6) is 0 Å². The highest BCUT2D eigenvalue weighted by Crippen LogP contribution is 2.24. The zero-order valence-electron chi connectivity index (χ0n) is 14.1. The Morgan fingerprint density at radius 2 is 2.12 bits per heavy atom. The van der Waals surface area contributed by atoms with E-state index in [1.54, 1.807) is 0 Å². The second-order valence-corrected chi connectivity index (χ2v) is 6.25. The van der Waals surface area contributed by atoms with Gasteiger partial charge in [0.05, 0.1) is 6.04 Å². The molecule has 2 aliphatic heterocycles. The van der Waals surface area contributed by atoms with E-state index in [9.17, 15) is 9.59 Å². The first-order valence-electron chi connectivity index (χ1n) is 8.70. The van der Waals surface area contributed by atoms with Crippen molar-refractivity contribution in [1.29, 1.82) is 0 Å². The second kappa shape index (κ2) is 7.66. The Kier molecular flexibility index (Phi) is 5.35. The fourth-order valence-corrected chi connectivity index (χ4v) is 3.51. The van der Waals surface area contributed by atoms with E-state index in [1.807, 2.05) is 47.1 Å². The lowest BCUT2D eigenvalue weighted by molar-refractivity contribution is -0.146. The molecule has 0 unspecified atom stereocenters. The average Bonchev–Trinajstić information content (AvgIpc) is 3.06. The molecule has 0 saturated carbocycles. The molecule has 24 heavy (non-hydrogen) atoms. The van der Waals surface area contributed by atoms with E-state index in [-0.39, 0.29) is 18.0 Å². The van der Waals surface area contributed by atoms with E-state index in [0.717, 1.165) is 31.5 Å². The van der Waals surface area contributed by atoms with Crippen LogP contribution in [-0.4, -0.2) is 60.6 Å². The van der Waals surface area contributed by atoms with E-state index < -0.39 is 6.10 Å². The number of nitrogens with one attached hydrogen (secondary N) is 1. The summed E-state index contributed by atoms with van der Waals surface area (Å²) >= 11 is 0. The summed E-state index contributed by atoms with van der Waals surface area (Å²) in [5, 5.41) is 2.84. The summed E-state index contributed by atoms with van der Waals surface area (Å²) in [5.41, 5.74) is 0.880. The number of urea groups is 1. The Morgan fingerprint density at radius 3 is 2.79 bits per heavy atom. The molecule has 0 radical (unpaired) electrons. The number of nitrogens with zero attached hydrogens (tertiary/aromatic N) is 2. The van der Waals surface area contributed by atoms with E-state index in [2.05, 4.69) is 5.32 Å². The number of likely N-dealkylation sites (tertiary alicyclic amines) is 1. The van der Waals surface area contributed by atoms with Gasteiger partial charge in [-0.2, -0.15) is 0 Å². The maximum Gasteiger partial charge on any atom is 0.317 e. The van der Waals surface area contributed by atoms with Crippen LogP contribution >= 0.6 is 0 Å². The Labute approximate surface area is 142 Å². The molecule has 0 aromatic heterocycles. The lowest BCUT2D eigenvalue weighted by atomic mass is 10.0. The first-order valence-corrected chi connectivity index (χ1v) is 8.70. The smallest absolute Gasteiger partial charge is 0.317 e. The van der Waals surface area contributed by atoms with Crippen LogP contribution in [0.15, 0.2) is 30.3 Å². The molecular formula is C18H25N3O3. The normalized spacial score (nSPS) is 22.4. The summed E-state index contributed by atoms with van der Waals surface area (Å²) in [6.07, 6.45) is 1.29. The Balaban J connectivity index is 1.71. The number of rotatable bonds is 5. The molecular weight excluding hydrogens is 306 g/mol. The monoisotopic (exact) mass is 331 g/mol. The van der Waals surface area contributed by atoms with Gasteiger partial charge in [-0.25, -0.2) is 4.79 Å². The second-order valence-electron chi connectivity index (χ2n) is 6.25. The summed E-state index contributed by atoms with van der Waals surface area (Å²) in [6, 6.07) is 9.70. The van der Waals surface area contributed by atoms with Crippen LogP contribution in [0.25, 0.3) is 0 Å². The highest BCUT2D eigenvalue weighted by molar-refractivity contribution is 5.83. The predicted molar refractivity (Wildman–Crippen MR) is 90.5 cm³/mol. The standard InChI is InChI=1S/C18H25N3O3/c1-2-24-16(14-7-4-3-5-8-14)17(22)20-11-6-9-15(13-20)21-12-10-19-18(21)23/h3-5,7-8,15-16H,2,6,9-13H2,1H3,(H,19,23)/t15-,16-/m0/s1. The van der Waals surface area contributed by atoms with E-state index in [1.165, 1.54) is 0 Å². The molecule has 130 valence electrons. The van der Waals surface area contributed by atoms with Crippen molar-refractivity contribution >= 4 is 11.9 Å². The number of hydrogen-bond donors (Lipinski definition) is 1. The number of piperidine rings is 1. The zero-order chi connectivity index (χ0) is 16.9. The molecule has 2 atom stereocenters. The molecule has 0 bridgehead atoms. The van der Waals surface area contributed by atoms with Gasteiger partial charge >= 0.3 is 6.03 Å². The molecule has 2 heterocycles. The summed E-state index contributed by atoms with van der Waals surface area (Å²) < 4.78 is 5.74. The molecule has 2 saturated heterocycles. The Morgan fingerprint density at radius 1 is 1.33 bits per heavy atom. The number of carbonyl (C=O) groups is 2. The fourth-order valence-electron chi connectivity index (χ4n) is 3.51. The molecule has 1 N–H and O–H groups in total. The molecule has 2 fully saturated rings. The van der Waals surface area contributed by atoms with Crippen molar-refractivity contribution in [2.24, 2.45) is 0 Å². The van der Waals surface area contributed by atoms with Crippen molar-refractivity contribution in [2.75, 3.05) is 32.8 Å². The van der Waals surface area contributed by atoms with Crippen molar-refractivity contribution in [3.05, 3.63) is 35.9 Å². The van der Waals surface area contributed by atoms with Gasteiger partial charge in [-0.15, -0.1) is 0 Å². The van der Waals surface area contributed by atoms with Crippen molar-refractivity contribution in [1.82, 2.24) is 15.1 Å². The van der Waals surface area contributed by atoms with Gasteiger partial charge < -0.3 is 19.9 Å². The van der Waals surface area contributed by atoms with Crippen molar-refractivity contribution in [3.63, 3.8) is 0 Å². The molecule has 6 nitrogen and oxygen atoms in total. The molecule has 0 spiro atoms. The molecule has 1 aromatic carbocycles. The third-order valence-electron chi connectivity index (χ3n) is 4.70. The predicted octanol–water partition coefficient (Wildman–Crippen LogP) is 1.78. The molecule has 3 amide bonds. The first-order chi connectivity index (χ1) is 11.7. The Hall–Kier alpha value is -2.08. The largest absolute Gasteiger partial charge is 0.364 e. The number of hydrogen-bond acceptors (Lipinski definition) is 3. The quantitative estimate of drug-likeness (QED) is 0.895. The minimum atomic E-state index is -0.567. The van der Waals surface area contributed by atoms with Crippen LogP contribution in [0.3, 0.4) is 0 Å². The van der Waals surface area contributed by atoms with Crippen molar-refractivity contribution in [2.45, 2.75) is 31.9 Å². The van der Waals surface area contributed by atoms with E-state index >= 15 is 0 Å². The van der Waals surface area contributed by atoms with Crippen LogP contribution < -0.4 is 5.32 Å². The van der Waals surface area contributed by atoms with Gasteiger partial charge in [0, 0.05) is 32.8 Å². The van der Waals surface area contributed by atoms with Gasteiger partial charge in [0.25, 0.3) is 5.91 Å². The number of amides is 3. The van der Waals surface area contributed by atoms with Gasteiger partial charge in [-0.05, 0) is 25.3 Å². The lowest BCUT2D eigenvalue weighted by Crippen LogP contribution is -2.51. The van der Waals surface area contributed by atoms with Crippen molar-refractivity contribution in [3.8, 4) is 0 Å². The fraction of sp³-hybridized carbons (Fsp3) is 0.556. The Bertz CT molecular complexity index is 578. The van der Waals surface area contributed by atoms with E-state index in [0.29, 0.717) is 19.7 Å². The third kappa shape index (κ3) is 3.53. The molecule has 1 aromatic rings. The van der Waals surface area contributed by atoms with Crippen LogP contribution in [0.1, 0.15) is 31.4 Å². The molecule has 3 rings (SSSR count). The number of carbonyl (C=O) groups excluding carboxylic acids is 2. The van der Waals surface area contributed by atoms with Crippen LogP contribution in [0.2, 0.25) is 0 Å². The summed E-state index contributed by atoms with van der Waals surface area (Å²) in [4.78, 5) is 28.6. The van der Waals surface area contributed by atoms with Crippen molar-refractivity contribution < 1.29 is 14.3 Å². The average molecular weight is 331 g/mol. The summed E-state index contributed by atoms with van der Waals surface area (Å²) in [5.74, 6) is -0.00708. The maximum absolute atomic E-state index is 13.0. The van der Waals surface area contributed by atoms with Gasteiger partial charge in [0.1, 0.15) is 0 Å². The zero-order valence-corrected chi connectivity index (χ0v) is 14.1. The molecule has 2 aliphatic rings. The topological polar surface area (TPSA) is 61.9 Å². The maximum atomic E-state index is 13.0. The molecule has 0 aliphatic carbocycles. The minimum Gasteiger partial charge on any atom is -0.364 e. The number of benzene rings is 1.